The summed E-state index contributed by atoms with van der Waals surface area (Å²) in [7, 11) is 0. The molecule has 3 rings (SSSR count). The number of hydrogen-bond acceptors (Lipinski definition) is 8. The van der Waals surface area contributed by atoms with Crippen LogP contribution in [0, 0.1) is 5.21 Å². The summed E-state index contributed by atoms with van der Waals surface area (Å²) in [5, 5.41) is 20.5. The SMILES string of the molecule is CC(C)(C(=O)OCCOCCOCCO)c1nc(-c2ccccc2)c(-c2ccc[n+]([O-])c2)o1. The maximum absolute atomic E-state index is 12.8. The molecule has 2 heterocycles. The molecule has 0 aliphatic heterocycles. The average molecular weight is 456 g/mol. The fraction of sp³-hybridized carbons (Fsp3) is 0.375. The molecule has 2 aromatic heterocycles. The fourth-order valence-electron chi connectivity index (χ4n) is 3.01. The largest absolute Gasteiger partial charge is 0.619 e. The molecule has 1 aromatic carbocycles. The number of rotatable bonds is 12. The van der Waals surface area contributed by atoms with Crippen molar-refractivity contribution in [2.45, 2.75) is 19.3 Å². The summed E-state index contributed by atoms with van der Waals surface area (Å²) < 4.78 is 22.5. The summed E-state index contributed by atoms with van der Waals surface area (Å²) in [6.45, 7) is 4.52. The Morgan fingerprint density at radius 1 is 1.03 bits per heavy atom. The summed E-state index contributed by atoms with van der Waals surface area (Å²) in [6, 6.07) is 12.8. The topological polar surface area (TPSA) is 118 Å². The van der Waals surface area contributed by atoms with Crippen LogP contribution in [0.2, 0.25) is 0 Å². The molecule has 0 aliphatic carbocycles. The molecular weight excluding hydrogens is 428 g/mol. The van der Waals surface area contributed by atoms with Crippen LogP contribution < -0.4 is 4.73 Å². The van der Waals surface area contributed by atoms with Gasteiger partial charge in [-0.1, -0.05) is 30.3 Å². The number of benzene rings is 1. The zero-order chi connectivity index (χ0) is 23.7. The minimum absolute atomic E-state index is 0.0393. The number of carbonyl (C=O) groups is 1. The highest BCUT2D eigenvalue weighted by Crippen LogP contribution is 2.36. The standard InChI is InChI=1S/C24H28N2O7/c1-24(2,23(28)32-16-15-31-14-13-30-12-11-27)22-25-20(18-7-4-3-5-8-18)21(33-22)19-9-6-10-26(29)17-19/h3-10,17,27H,11-16H2,1-2H3. The zero-order valence-corrected chi connectivity index (χ0v) is 18.7. The van der Waals surface area contributed by atoms with Crippen LogP contribution in [-0.4, -0.2) is 55.7 Å². The Hall–Kier alpha value is -3.27. The predicted molar refractivity (Wildman–Crippen MR) is 119 cm³/mol. The van der Waals surface area contributed by atoms with Crippen molar-refractivity contribution in [3.63, 3.8) is 0 Å². The van der Waals surface area contributed by atoms with Crippen LogP contribution in [0.4, 0.5) is 0 Å². The van der Waals surface area contributed by atoms with Gasteiger partial charge in [-0.25, -0.2) is 4.98 Å². The Bertz CT molecular complexity index is 1030. The molecule has 0 spiro atoms. The minimum atomic E-state index is -1.17. The molecule has 176 valence electrons. The molecule has 0 saturated carbocycles. The number of oxazole rings is 1. The van der Waals surface area contributed by atoms with E-state index < -0.39 is 11.4 Å². The van der Waals surface area contributed by atoms with Crippen LogP contribution >= 0.6 is 0 Å². The van der Waals surface area contributed by atoms with E-state index in [2.05, 4.69) is 4.98 Å². The van der Waals surface area contributed by atoms with Crippen molar-refractivity contribution in [1.29, 1.82) is 0 Å². The second-order valence-corrected chi connectivity index (χ2v) is 7.72. The van der Waals surface area contributed by atoms with Gasteiger partial charge >= 0.3 is 5.97 Å². The van der Waals surface area contributed by atoms with Crippen LogP contribution in [0.3, 0.4) is 0 Å². The van der Waals surface area contributed by atoms with E-state index in [1.54, 1.807) is 26.0 Å². The Kier molecular flexibility index (Phi) is 8.53. The number of aliphatic hydroxyl groups is 1. The number of esters is 1. The minimum Gasteiger partial charge on any atom is -0.619 e. The molecule has 9 nitrogen and oxygen atoms in total. The van der Waals surface area contributed by atoms with Crippen LogP contribution in [0.1, 0.15) is 19.7 Å². The highest BCUT2D eigenvalue weighted by molar-refractivity contribution is 5.82. The van der Waals surface area contributed by atoms with Crippen LogP contribution in [0.25, 0.3) is 22.6 Å². The second kappa shape index (κ2) is 11.6. The molecule has 0 unspecified atom stereocenters. The number of aliphatic hydroxyl groups excluding tert-OH is 1. The average Bonchev–Trinajstić information content (AvgIpc) is 3.28. The molecule has 0 amide bonds. The first-order valence-electron chi connectivity index (χ1n) is 10.6. The first-order valence-corrected chi connectivity index (χ1v) is 10.6. The second-order valence-electron chi connectivity index (χ2n) is 7.72. The maximum Gasteiger partial charge on any atom is 0.321 e. The van der Waals surface area contributed by atoms with E-state index in [0.717, 1.165) is 5.56 Å². The first kappa shape index (κ1) is 24.4. The van der Waals surface area contributed by atoms with Crippen molar-refractivity contribution in [3.8, 4) is 22.6 Å². The van der Waals surface area contributed by atoms with Crippen LogP contribution in [0.5, 0.6) is 0 Å². The normalized spacial score (nSPS) is 11.5. The smallest absolute Gasteiger partial charge is 0.321 e. The van der Waals surface area contributed by atoms with Crippen LogP contribution in [0.15, 0.2) is 59.3 Å². The summed E-state index contributed by atoms with van der Waals surface area (Å²) >= 11 is 0. The van der Waals surface area contributed by atoms with Gasteiger partial charge in [0.05, 0.1) is 38.6 Å². The first-order chi connectivity index (χ1) is 15.9. The Morgan fingerprint density at radius 3 is 2.39 bits per heavy atom. The lowest BCUT2D eigenvalue weighted by molar-refractivity contribution is -0.604. The van der Waals surface area contributed by atoms with Gasteiger partial charge in [-0.05, 0) is 19.9 Å². The van der Waals surface area contributed by atoms with Crippen molar-refractivity contribution in [2.75, 3.05) is 39.6 Å². The molecule has 0 radical (unpaired) electrons. The van der Waals surface area contributed by atoms with E-state index in [4.69, 9.17) is 23.7 Å². The molecule has 0 atom stereocenters. The van der Waals surface area contributed by atoms with E-state index in [0.29, 0.717) is 35.0 Å². The monoisotopic (exact) mass is 456 g/mol. The highest BCUT2D eigenvalue weighted by atomic mass is 16.6. The lowest BCUT2D eigenvalue weighted by Crippen LogP contribution is -2.32. The van der Waals surface area contributed by atoms with Gasteiger partial charge in [0.2, 0.25) is 5.89 Å². The number of nitrogens with zero attached hydrogens (tertiary/aromatic N) is 2. The molecule has 33 heavy (non-hydrogen) atoms. The number of ether oxygens (including phenoxy) is 3. The van der Waals surface area contributed by atoms with Gasteiger partial charge < -0.3 is 28.9 Å². The van der Waals surface area contributed by atoms with Gasteiger partial charge in [-0.15, -0.1) is 0 Å². The Morgan fingerprint density at radius 2 is 1.70 bits per heavy atom. The van der Waals surface area contributed by atoms with E-state index in [1.807, 2.05) is 30.3 Å². The van der Waals surface area contributed by atoms with Gasteiger partial charge in [0.15, 0.2) is 18.2 Å². The van der Waals surface area contributed by atoms with E-state index >= 15 is 0 Å². The van der Waals surface area contributed by atoms with Crippen molar-refractivity contribution >= 4 is 5.97 Å². The molecule has 0 aliphatic rings. The summed E-state index contributed by atoms with van der Waals surface area (Å²) in [4.78, 5) is 17.4. The molecule has 1 N–H and O–H groups in total. The van der Waals surface area contributed by atoms with Crippen molar-refractivity contribution < 1.29 is 33.3 Å². The molecule has 9 heteroatoms. The van der Waals surface area contributed by atoms with Crippen molar-refractivity contribution in [2.24, 2.45) is 0 Å². The molecular formula is C24H28N2O7. The van der Waals surface area contributed by atoms with Gasteiger partial charge in [-0.2, -0.15) is 4.73 Å². The lowest BCUT2D eigenvalue weighted by atomic mass is 9.94. The predicted octanol–water partition coefficient (Wildman–Crippen LogP) is 2.49. The number of hydrogen-bond donors (Lipinski definition) is 1. The maximum atomic E-state index is 12.8. The number of carbonyl (C=O) groups excluding carboxylic acids is 1. The lowest BCUT2D eigenvalue weighted by Gasteiger charge is -2.18. The van der Waals surface area contributed by atoms with Crippen molar-refractivity contribution in [1.82, 2.24) is 4.98 Å². The third kappa shape index (κ3) is 6.38. The third-order valence-corrected chi connectivity index (χ3v) is 4.83. The summed E-state index contributed by atoms with van der Waals surface area (Å²) in [5.74, 6) is 0.0662. The Labute approximate surface area is 192 Å². The molecule has 3 aromatic rings. The van der Waals surface area contributed by atoms with E-state index in [1.165, 1.54) is 12.4 Å². The molecule has 0 bridgehead atoms. The van der Waals surface area contributed by atoms with E-state index in [-0.39, 0.29) is 32.3 Å². The van der Waals surface area contributed by atoms with Crippen LogP contribution in [-0.2, 0) is 24.4 Å². The third-order valence-electron chi connectivity index (χ3n) is 4.83. The van der Waals surface area contributed by atoms with Gasteiger partial charge in [0.1, 0.15) is 17.7 Å². The van der Waals surface area contributed by atoms with E-state index in [9.17, 15) is 10.0 Å². The quantitative estimate of drug-likeness (QED) is 0.191. The molecule has 0 saturated heterocycles. The van der Waals surface area contributed by atoms with Gasteiger partial charge in [0.25, 0.3) is 0 Å². The Balaban J connectivity index is 1.74. The summed E-state index contributed by atoms with van der Waals surface area (Å²) in [6.07, 6.45) is 2.77. The molecule has 0 fully saturated rings. The number of aromatic nitrogens is 2. The zero-order valence-electron chi connectivity index (χ0n) is 18.7. The summed E-state index contributed by atoms with van der Waals surface area (Å²) in [5.41, 5.74) is 0.702. The fourth-order valence-corrected chi connectivity index (χ4v) is 3.01. The van der Waals surface area contributed by atoms with Gasteiger partial charge in [0, 0.05) is 11.6 Å². The van der Waals surface area contributed by atoms with Crippen molar-refractivity contribution in [3.05, 3.63) is 66.0 Å². The number of pyridine rings is 1. The highest BCUT2D eigenvalue weighted by Gasteiger charge is 2.38. The van der Waals surface area contributed by atoms with Gasteiger partial charge in [-0.3, -0.25) is 4.79 Å².